The normalized spacial score (nSPS) is 10.6. The van der Waals surface area contributed by atoms with E-state index in [0.717, 1.165) is 28.8 Å². The van der Waals surface area contributed by atoms with Crippen LogP contribution in [0.15, 0.2) is 24.3 Å². The second kappa shape index (κ2) is 8.27. The molecule has 0 unspecified atom stereocenters. The fourth-order valence-corrected chi connectivity index (χ4v) is 2.88. The maximum Gasteiger partial charge on any atom is 0.338 e. The zero-order chi connectivity index (χ0) is 17.1. The zero-order valence-corrected chi connectivity index (χ0v) is 15.4. The van der Waals surface area contributed by atoms with Crippen molar-refractivity contribution in [1.82, 2.24) is 4.98 Å². The molecule has 24 heavy (non-hydrogen) atoms. The molecule has 0 atom stereocenters. The monoisotopic (exact) mass is 348 g/mol. The molecule has 2 rings (SSSR count). The number of hydrogen-bond acceptors (Lipinski definition) is 3. The van der Waals surface area contributed by atoms with E-state index in [1.165, 1.54) is 0 Å². The van der Waals surface area contributed by atoms with Crippen LogP contribution in [0.5, 0.6) is 0 Å². The Morgan fingerprint density at radius 2 is 1.79 bits per heavy atom. The first-order valence-electron chi connectivity index (χ1n) is 7.87. The number of nitrogens with two attached hydrogens (primary N) is 1. The second-order valence-corrected chi connectivity index (χ2v) is 6.35. The van der Waals surface area contributed by atoms with E-state index in [4.69, 9.17) is 5.73 Å². The third-order valence-corrected chi connectivity index (χ3v) is 3.92. The van der Waals surface area contributed by atoms with Crippen LogP contribution in [0.1, 0.15) is 46.7 Å². The number of aryl methyl sites for hydroxylation is 2. The molecule has 0 aliphatic carbocycles. The van der Waals surface area contributed by atoms with Crippen molar-refractivity contribution in [3.63, 3.8) is 0 Å². The first-order valence-corrected chi connectivity index (χ1v) is 7.87. The van der Waals surface area contributed by atoms with Crippen molar-refractivity contribution in [3.8, 4) is 11.1 Å². The average Bonchev–Trinajstić information content (AvgIpc) is 2.46. The maximum atomic E-state index is 11.8. The van der Waals surface area contributed by atoms with Crippen LogP contribution in [0.3, 0.4) is 0 Å². The van der Waals surface area contributed by atoms with Crippen molar-refractivity contribution >= 4 is 18.4 Å². The molecule has 0 spiro atoms. The molecule has 5 heteroatoms. The van der Waals surface area contributed by atoms with Crippen LogP contribution in [0, 0.1) is 19.8 Å². The van der Waals surface area contributed by atoms with Crippen LogP contribution in [0.25, 0.3) is 11.1 Å². The summed E-state index contributed by atoms with van der Waals surface area (Å²) in [7, 11) is 0. The predicted molar refractivity (Wildman–Crippen MR) is 99.8 cm³/mol. The molecule has 2 aromatic rings. The molecule has 1 aromatic heterocycles. The molecule has 3 N–H and O–H groups in total. The Hall–Kier alpha value is -1.91. The Balaban J connectivity index is 0.00000288. The molecule has 0 amide bonds. The summed E-state index contributed by atoms with van der Waals surface area (Å²) in [5.41, 5.74) is 11.2. The topological polar surface area (TPSA) is 76.2 Å². The first-order chi connectivity index (χ1) is 10.8. The van der Waals surface area contributed by atoms with E-state index in [-0.39, 0.29) is 24.5 Å². The van der Waals surface area contributed by atoms with Gasteiger partial charge in [0.2, 0.25) is 0 Å². The van der Waals surface area contributed by atoms with E-state index >= 15 is 0 Å². The molecule has 1 aromatic carbocycles. The van der Waals surface area contributed by atoms with E-state index in [9.17, 15) is 9.90 Å². The van der Waals surface area contributed by atoms with Gasteiger partial charge in [-0.2, -0.15) is 0 Å². The summed E-state index contributed by atoms with van der Waals surface area (Å²) in [4.78, 5) is 16.4. The Bertz CT molecular complexity index is 725. The molecule has 0 saturated carbocycles. The smallest absolute Gasteiger partial charge is 0.338 e. The molecule has 0 aliphatic heterocycles. The Labute approximate surface area is 149 Å². The highest BCUT2D eigenvalue weighted by molar-refractivity contribution is 5.98. The molecule has 0 fully saturated rings. The molecule has 4 nitrogen and oxygen atoms in total. The van der Waals surface area contributed by atoms with E-state index in [0.29, 0.717) is 17.2 Å². The summed E-state index contributed by atoms with van der Waals surface area (Å²) in [6.07, 6.45) is 0.784. The van der Waals surface area contributed by atoms with Crippen LogP contribution in [0.2, 0.25) is 0 Å². The van der Waals surface area contributed by atoms with Gasteiger partial charge in [-0.05, 0) is 37.3 Å². The summed E-state index contributed by atoms with van der Waals surface area (Å²) in [5, 5.41) is 9.67. The lowest BCUT2D eigenvalue weighted by molar-refractivity contribution is 0.0696. The highest BCUT2D eigenvalue weighted by Crippen LogP contribution is 2.32. The van der Waals surface area contributed by atoms with E-state index in [2.05, 4.69) is 18.8 Å². The molecule has 0 bridgehead atoms. The van der Waals surface area contributed by atoms with Gasteiger partial charge in [0.25, 0.3) is 0 Å². The number of rotatable bonds is 5. The standard InChI is InChI=1S/C19H24N2O2.ClH/c1-11(2)9-16-15(10-20)18(14-7-5-12(3)6-8-14)17(19(22)23)13(4)21-16;/h5-8,11H,9-10,20H2,1-4H3,(H,22,23);1H. The van der Waals surface area contributed by atoms with E-state index in [1.54, 1.807) is 6.92 Å². The van der Waals surface area contributed by atoms with Gasteiger partial charge in [-0.15, -0.1) is 12.4 Å². The number of carboxylic acids is 1. The van der Waals surface area contributed by atoms with E-state index < -0.39 is 5.97 Å². The Kier molecular flexibility index (Phi) is 6.93. The molecule has 0 saturated heterocycles. The lowest BCUT2D eigenvalue weighted by Crippen LogP contribution is -2.15. The lowest BCUT2D eigenvalue weighted by Gasteiger charge is -2.19. The molecule has 0 aliphatic rings. The minimum absolute atomic E-state index is 0. The minimum Gasteiger partial charge on any atom is -0.478 e. The quantitative estimate of drug-likeness (QED) is 0.851. The number of pyridine rings is 1. The highest BCUT2D eigenvalue weighted by Gasteiger charge is 2.22. The number of halogens is 1. The number of carboxylic acid groups (broad SMARTS) is 1. The molecular formula is C19H25ClN2O2. The summed E-state index contributed by atoms with van der Waals surface area (Å²) in [6.45, 7) is 8.28. The van der Waals surface area contributed by atoms with Gasteiger partial charge in [-0.25, -0.2) is 4.79 Å². The van der Waals surface area contributed by atoms with Gasteiger partial charge in [0.05, 0.1) is 11.3 Å². The van der Waals surface area contributed by atoms with E-state index in [1.807, 2.05) is 31.2 Å². The number of benzene rings is 1. The SMILES string of the molecule is Cc1ccc(-c2c(CN)c(CC(C)C)nc(C)c2C(=O)O)cc1.Cl. The van der Waals surface area contributed by atoms with Gasteiger partial charge in [0, 0.05) is 17.8 Å². The number of aromatic carboxylic acids is 1. The molecule has 130 valence electrons. The highest BCUT2D eigenvalue weighted by atomic mass is 35.5. The van der Waals surface area contributed by atoms with Crippen LogP contribution >= 0.6 is 12.4 Å². The zero-order valence-electron chi connectivity index (χ0n) is 14.6. The van der Waals surface area contributed by atoms with Crippen LogP contribution in [-0.4, -0.2) is 16.1 Å². The fraction of sp³-hybridized carbons (Fsp3) is 0.368. The lowest BCUT2D eigenvalue weighted by atomic mass is 9.90. The van der Waals surface area contributed by atoms with Gasteiger partial charge in [-0.3, -0.25) is 4.98 Å². The maximum absolute atomic E-state index is 11.8. The van der Waals surface area contributed by atoms with Crippen molar-refractivity contribution in [2.45, 2.75) is 40.7 Å². The van der Waals surface area contributed by atoms with Gasteiger partial charge in [-0.1, -0.05) is 43.7 Å². The summed E-state index contributed by atoms with van der Waals surface area (Å²) in [6, 6.07) is 7.88. The first kappa shape index (κ1) is 20.1. The summed E-state index contributed by atoms with van der Waals surface area (Å²) < 4.78 is 0. The third-order valence-electron chi connectivity index (χ3n) is 3.92. The third kappa shape index (κ3) is 4.13. The molecular weight excluding hydrogens is 324 g/mol. The second-order valence-electron chi connectivity index (χ2n) is 6.35. The molecule has 1 heterocycles. The summed E-state index contributed by atoms with van der Waals surface area (Å²) >= 11 is 0. The Morgan fingerprint density at radius 3 is 2.25 bits per heavy atom. The molecule has 0 radical (unpaired) electrons. The average molecular weight is 349 g/mol. The minimum atomic E-state index is -0.962. The van der Waals surface area contributed by atoms with Crippen molar-refractivity contribution in [2.24, 2.45) is 11.7 Å². The van der Waals surface area contributed by atoms with Crippen LogP contribution in [0.4, 0.5) is 0 Å². The van der Waals surface area contributed by atoms with Gasteiger partial charge in [0.15, 0.2) is 0 Å². The number of hydrogen-bond donors (Lipinski definition) is 2. The predicted octanol–water partition coefficient (Wildman–Crippen LogP) is 4.14. The Morgan fingerprint density at radius 1 is 1.21 bits per heavy atom. The van der Waals surface area contributed by atoms with Crippen molar-refractivity contribution in [1.29, 1.82) is 0 Å². The summed E-state index contributed by atoms with van der Waals surface area (Å²) in [5.74, 6) is -0.537. The largest absolute Gasteiger partial charge is 0.478 e. The van der Waals surface area contributed by atoms with Crippen molar-refractivity contribution in [2.75, 3.05) is 0 Å². The fourth-order valence-electron chi connectivity index (χ4n) is 2.88. The van der Waals surface area contributed by atoms with Crippen molar-refractivity contribution < 1.29 is 9.90 Å². The number of nitrogens with zero attached hydrogens (tertiary/aromatic N) is 1. The van der Waals surface area contributed by atoms with Crippen molar-refractivity contribution in [3.05, 3.63) is 52.3 Å². The van der Waals surface area contributed by atoms with Gasteiger partial charge >= 0.3 is 5.97 Å². The number of aromatic nitrogens is 1. The van der Waals surface area contributed by atoms with Crippen LogP contribution in [-0.2, 0) is 13.0 Å². The van der Waals surface area contributed by atoms with Gasteiger partial charge < -0.3 is 10.8 Å². The number of carbonyl (C=O) groups is 1. The van der Waals surface area contributed by atoms with Gasteiger partial charge in [0.1, 0.15) is 0 Å². The van der Waals surface area contributed by atoms with Crippen LogP contribution < -0.4 is 5.73 Å².